The van der Waals surface area contributed by atoms with Gasteiger partial charge in [0.1, 0.15) is 0 Å². The lowest BCUT2D eigenvalue weighted by Gasteiger charge is -2.08. The van der Waals surface area contributed by atoms with Gasteiger partial charge in [-0.1, -0.05) is 55.5 Å². The first-order valence-corrected chi connectivity index (χ1v) is 9.80. The lowest BCUT2D eigenvalue weighted by Crippen LogP contribution is -1.98. The molecule has 0 spiro atoms. The van der Waals surface area contributed by atoms with Crippen molar-refractivity contribution in [2.45, 2.75) is 19.3 Å². The van der Waals surface area contributed by atoms with Gasteiger partial charge in [-0.15, -0.1) is 10.2 Å². The summed E-state index contributed by atoms with van der Waals surface area (Å²) in [6, 6.07) is 24.0. The van der Waals surface area contributed by atoms with Crippen molar-refractivity contribution in [3.05, 3.63) is 95.4 Å². The van der Waals surface area contributed by atoms with E-state index in [0.717, 1.165) is 12.0 Å². The number of hydrogen-bond donors (Lipinski definition) is 1. The zero-order valence-corrected chi connectivity index (χ0v) is 16.8. The molecule has 1 heterocycles. The fourth-order valence-electron chi connectivity index (χ4n) is 3.47. The van der Waals surface area contributed by atoms with Gasteiger partial charge in [-0.3, -0.25) is 0 Å². The summed E-state index contributed by atoms with van der Waals surface area (Å²) in [7, 11) is 0. The molecule has 0 aliphatic carbocycles. The first-order chi connectivity index (χ1) is 15.0. The van der Waals surface area contributed by atoms with Crippen LogP contribution < -0.4 is 0 Å². The Kier molecular flexibility index (Phi) is 5.59. The summed E-state index contributed by atoms with van der Waals surface area (Å²) >= 11 is 0. The third-order valence-corrected chi connectivity index (χ3v) is 5.03. The van der Waals surface area contributed by atoms with E-state index in [-0.39, 0.29) is 17.4 Å². The van der Waals surface area contributed by atoms with Crippen molar-refractivity contribution in [2.75, 3.05) is 0 Å². The number of hydrogen-bond acceptors (Lipinski definition) is 5. The second-order valence-electron chi connectivity index (χ2n) is 7.30. The molecule has 0 aliphatic heterocycles. The highest BCUT2D eigenvalue weighted by Crippen LogP contribution is 2.31. The molecule has 0 saturated heterocycles. The minimum atomic E-state index is -1.07. The molecule has 6 heteroatoms. The van der Waals surface area contributed by atoms with Gasteiger partial charge >= 0.3 is 5.97 Å². The summed E-state index contributed by atoms with van der Waals surface area (Å²) in [5.74, 6) is -0.341. The van der Waals surface area contributed by atoms with Crippen LogP contribution in [0.25, 0.3) is 22.6 Å². The van der Waals surface area contributed by atoms with Crippen molar-refractivity contribution < 1.29 is 14.3 Å². The van der Waals surface area contributed by atoms with E-state index in [4.69, 9.17) is 4.42 Å². The predicted molar refractivity (Wildman–Crippen MR) is 115 cm³/mol. The third-order valence-electron chi connectivity index (χ3n) is 5.03. The Morgan fingerprint density at radius 2 is 1.74 bits per heavy atom. The third kappa shape index (κ3) is 4.36. The molecule has 0 fully saturated rings. The number of carboxylic acids is 1. The molecule has 0 amide bonds. The molecule has 0 unspecified atom stereocenters. The lowest BCUT2D eigenvalue weighted by molar-refractivity contribution is 0.0697. The molecular weight excluding hydrogens is 390 g/mol. The number of nitriles is 1. The molecule has 0 bridgehead atoms. The van der Waals surface area contributed by atoms with E-state index in [1.807, 2.05) is 37.3 Å². The van der Waals surface area contributed by atoms with Gasteiger partial charge in [0, 0.05) is 11.5 Å². The summed E-state index contributed by atoms with van der Waals surface area (Å²) in [5.41, 5.74) is 3.44. The molecular formula is C25H19N3O3. The highest BCUT2D eigenvalue weighted by molar-refractivity contribution is 5.92. The van der Waals surface area contributed by atoms with Crippen LogP contribution in [0.2, 0.25) is 0 Å². The van der Waals surface area contributed by atoms with E-state index >= 15 is 0 Å². The van der Waals surface area contributed by atoms with Crippen LogP contribution in [0.1, 0.15) is 40.2 Å². The highest BCUT2D eigenvalue weighted by Gasteiger charge is 2.18. The van der Waals surface area contributed by atoms with Gasteiger partial charge in [0.05, 0.1) is 17.2 Å². The van der Waals surface area contributed by atoms with Gasteiger partial charge in [0.15, 0.2) is 0 Å². The number of carbonyl (C=O) groups is 1. The largest absolute Gasteiger partial charge is 0.478 e. The van der Waals surface area contributed by atoms with Crippen LogP contribution in [-0.2, 0) is 6.42 Å². The molecule has 6 nitrogen and oxygen atoms in total. The van der Waals surface area contributed by atoms with Crippen molar-refractivity contribution in [3.8, 4) is 28.7 Å². The molecule has 152 valence electrons. The van der Waals surface area contributed by atoms with Crippen molar-refractivity contribution >= 4 is 5.97 Å². The second kappa shape index (κ2) is 8.64. The fourth-order valence-corrected chi connectivity index (χ4v) is 3.47. The summed E-state index contributed by atoms with van der Waals surface area (Å²) in [4.78, 5) is 11.7. The Bertz CT molecular complexity index is 1270. The summed E-state index contributed by atoms with van der Waals surface area (Å²) in [6.45, 7) is 2.01. The number of aromatic carboxylic acids is 1. The van der Waals surface area contributed by atoms with Crippen molar-refractivity contribution in [3.63, 3.8) is 0 Å². The minimum Gasteiger partial charge on any atom is -0.478 e. The Labute approximate surface area is 179 Å². The van der Waals surface area contributed by atoms with Crippen molar-refractivity contribution in [1.29, 1.82) is 5.26 Å². The van der Waals surface area contributed by atoms with E-state index in [9.17, 15) is 15.2 Å². The topological polar surface area (TPSA) is 100 Å². The Morgan fingerprint density at radius 1 is 1.03 bits per heavy atom. The maximum Gasteiger partial charge on any atom is 0.335 e. The standard InChI is InChI=1S/C25H19N3O3/c1-16(11-17-7-3-2-4-8-17)23-27-28-24(31-23)20-12-19(13-21(14-20)25(29)30)22-10-6-5-9-18(22)15-26/h2-10,12-14,16H,11H2,1H3,(H,29,30)/t16-/m0/s1. The first-order valence-electron chi connectivity index (χ1n) is 9.80. The van der Waals surface area contributed by atoms with Gasteiger partial charge in [-0.25, -0.2) is 4.79 Å². The zero-order valence-electron chi connectivity index (χ0n) is 16.8. The molecule has 0 radical (unpaired) electrons. The molecule has 1 N–H and O–H groups in total. The normalized spacial score (nSPS) is 11.6. The van der Waals surface area contributed by atoms with E-state index in [2.05, 4.69) is 16.3 Å². The number of carboxylic acid groups (broad SMARTS) is 1. The number of rotatable bonds is 6. The van der Waals surface area contributed by atoms with E-state index in [1.54, 1.807) is 30.3 Å². The van der Waals surface area contributed by atoms with Gasteiger partial charge in [-0.2, -0.15) is 5.26 Å². The summed E-state index contributed by atoms with van der Waals surface area (Å²) in [6.07, 6.45) is 0.748. The average Bonchev–Trinajstić information content (AvgIpc) is 3.30. The molecule has 1 atom stereocenters. The Balaban J connectivity index is 1.71. The van der Waals surface area contributed by atoms with Crippen LogP contribution in [0.4, 0.5) is 0 Å². The van der Waals surface area contributed by atoms with Gasteiger partial charge in [0.25, 0.3) is 0 Å². The number of aromatic nitrogens is 2. The Morgan fingerprint density at radius 3 is 2.48 bits per heavy atom. The molecule has 1 aromatic heterocycles. The highest BCUT2D eigenvalue weighted by atomic mass is 16.4. The van der Waals surface area contributed by atoms with Crippen LogP contribution in [-0.4, -0.2) is 21.3 Å². The minimum absolute atomic E-state index is 0.00471. The molecule has 0 saturated carbocycles. The zero-order chi connectivity index (χ0) is 21.8. The van der Waals surface area contributed by atoms with Crippen molar-refractivity contribution in [2.24, 2.45) is 0 Å². The first kappa shape index (κ1) is 20.0. The van der Waals surface area contributed by atoms with E-state index < -0.39 is 5.97 Å². The Hall–Kier alpha value is -4.24. The van der Waals surface area contributed by atoms with Crippen molar-refractivity contribution in [1.82, 2.24) is 10.2 Å². The van der Waals surface area contributed by atoms with E-state index in [1.165, 1.54) is 12.1 Å². The summed E-state index contributed by atoms with van der Waals surface area (Å²) in [5, 5.41) is 27.3. The van der Waals surface area contributed by atoms with Gasteiger partial charge in [0.2, 0.25) is 11.8 Å². The summed E-state index contributed by atoms with van der Waals surface area (Å²) < 4.78 is 5.91. The molecule has 4 aromatic rings. The maximum atomic E-state index is 11.7. The molecule has 0 aliphatic rings. The smallest absolute Gasteiger partial charge is 0.335 e. The number of benzene rings is 3. The van der Waals surface area contributed by atoms with Gasteiger partial charge < -0.3 is 9.52 Å². The SMILES string of the molecule is C[C@@H](Cc1ccccc1)c1nnc(-c2cc(C(=O)O)cc(-c3ccccc3C#N)c2)o1. The predicted octanol–water partition coefficient (Wildman–Crippen LogP) is 5.32. The van der Waals surface area contributed by atoms with Crippen LogP contribution in [0, 0.1) is 11.3 Å². The number of nitrogens with zero attached hydrogens (tertiary/aromatic N) is 3. The van der Waals surface area contributed by atoms with Crippen LogP contribution in [0.5, 0.6) is 0 Å². The van der Waals surface area contributed by atoms with Crippen LogP contribution in [0.3, 0.4) is 0 Å². The molecule has 3 aromatic carbocycles. The maximum absolute atomic E-state index is 11.7. The monoisotopic (exact) mass is 409 g/mol. The molecule has 31 heavy (non-hydrogen) atoms. The lowest BCUT2D eigenvalue weighted by atomic mass is 9.96. The van der Waals surface area contributed by atoms with E-state index in [0.29, 0.717) is 28.1 Å². The molecule has 4 rings (SSSR count). The fraction of sp³-hybridized carbons (Fsp3) is 0.120. The van der Waals surface area contributed by atoms with Crippen LogP contribution >= 0.6 is 0 Å². The second-order valence-corrected chi connectivity index (χ2v) is 7.30. The quantitative estimate of drug-likeness (QED) is 0.463. The van der Waals surface area contributed by atoms with Crippen LogP contribution in [0.15, 0.2) is 77.2 Å². The van der Waals surface area contributed by atoms with Gasteiger partial charge in [-0.05, 0) is 47.4 Å². The average molecular weight is 409 g/mol.